The Kier molecular flexibility index (Phi) is 10.3. The number of aliphatic imine (C=N–C) groups is 1. The Balaban J connectivity index is 0.00000261. The molecule has 2 heterocycles. The van der Waals surface area contributed by atoms with Crippen molar-refractivity contribution in [2.75, 3.05) is 52.1 Å². The van der Waals surface area contributed by atoms with Gasteiger partial charge in [-0.15, -0.1) is 24.0 Å². The third-order valence-corrected chi connectivity index (χ3v) is 6.96. The molecule has 0 aromatic heterocycles. The Labute approximate surface area is 186 Å². The summed E-state index contributed by atoms with van der Waals surface area (Å²) in [7, 11) is 1.92. The van der Waals surface area contributed by atoms with Crippen LogP contribution in [0.25, 0.3) is 0 Å². The van der Waals surface area contributed by atoms with Gasteiger partial charge in [-0.3, -0.25) is 4.99 Å². The molecule has 2 fully saturated rings. The molecule has 2 aliphatic rings. The maximum atomic E-state index is 4.55. The van der Waals surface area contributed by atoms with Crippen LogP contribution in [0.4, 0.5) is 0 Å². The minimum Gasteiger partial charge on any atom is -0.356 e. The molecule has 3 rings (SSSR count). The van der Waals surface area contributed by atoms with E-state index >= 15 is 0 Å². The molecule has 0 radical (unpaired) electrons. The molecular formula is C21H35IN4S. The fourth-order valence-electron chi connectivity index (χ4n) is 3.94. The summed E-state index contributed by atoms with van der Waals surface area (Å²) in [6.07, 6.45) is 3.70. The molecular weight excluding hydrogens is 467 g/mol. The number of nitrogens with one attached hydrogen (secondary N) is 1. The Hall–Kier alpha value is -0.470. The number of hydrogen-bond acceptors (Lipinski definition) is 3. The molecule has 0 aliphatic carbocycles. The van der Waals surface area contributed by atoms with Gasteiger partial charge >= 0.3 is 0 Å². The van der Waals surface area contributed by atoms with Crippen LogP contribution in [-0.4, -0.2) is 73.1 Å². The van der Waals surface area contributed by atoms with Crippen molar-refractivity contribution in [3.63, 3.8) is 0 Å². The van der Waals surface area contributed by atoms with E-state index in [1.807, 2.05) is 7.05 Å². The number of halogens is 1. The fraction of sp³-hybridized carbons (Fsp3) is 0.667. The monoisotopic (exact) mass is 502 g/mol. The van der Waals surface area contributed by atoms with Crippen LogP contribution in [0.3, 0.4) is 0 Å². The fourth-order valence-corrected chi connectivity index (χ4v) is 5.12. The van der Waals surface area contributed by atoms with Gasteiger partial charge in [-0.25, -0.2) is 0 Å². The summed E-state index contributed by atoms with van der Waals surface area (Å²) in [5.74, 6) is 3.06. The van der Waals surface area contributed by atoms with Crippen molar-refractivity contribution < 1.29 is 0 Å². The summed E-state index contributed by atoms with van der Waals surface area (Å²) in [5, 5.41) is 4.41. The largest absolute Gasteiger partial charge is 0.356 e. The molecule has 0 amide bonds. The molecule has 2 atom stereocenters. The lowest BCUT2D eigenvalue weighted by Crippen LogP contribution is -2.49. The standard InChI is InChI=1S/C21H34N4S.HI/c1-3-20-17-25(13-14-26-20)21(22-2)23-15-19-10-12-24(16-19)11-9-18-7-5-4-6-8-18;/h4-8,19-20H,3,9-17H2,1-2H3,(H,22,23);1H. The highest BCUT2D eigenvalue weighted by atomic mass is 127. The third kappa shape index (κ3) is 7.13. The van der Waals surface area contributed by atoms with E-state index in [1.165, 1.54) is 43.8 Å². The number of likely N-dealkylation sites (tertiary alicyclic amines) is 1. The first-order valence-corrected chi connectivity index (χ1v) is 11.2. The molecule has 2 unspecified atom stereocenters. The van der Waals surface area contributed by atoms with Crippen LogP contribution in [-0.2, 0) is 6.42 Å². The van der Waals surface area contributed by atoms with E-state index in [9.17, 15) is 0 Å². The van der Waals surface area contributed by atoms with E-state index in [-0.39, 0.29) is 24.0 Å². The maximum absolute atomic E-state index is 4.55. The van der Waals surface area contributed by atoms with E-state index in [2.05, 4.69) is 69.1 Å². The number of thioether (sulfide) groups is 1. The SMILES string of the molecule is CCC1CN(C(=NC)NCC2CCN(CCc3ccccc3)C2)CCS1.I. The highest BCUT2D eigenvalue weighted by Gasteiger charge is 2.25. The summed E-state index contributed by atoms with van der Waals surface area (Å²) in [6, 6.07) is 10.8. The Morgan fingerprint density at radius 3 is 2.78 bits per heavy atom. The zero-order valence-corrected chi connectivity index (χ0v) is 19.9. The zero-order chi connectivity index (χ0) is 18.2. The molecule has 0 saturated carbocycles. The molecule has 152 valence electrons. The number of hydrogen-bond donors (Lipinski definition) is 1. The first kappa shape index (κ1) is 22.8. The van der Waals surface area contributed by atoms with Gasteiger partial charge in [0.05, 0.1) is 0 Å². The lowest BCUT2D eigenvalue weighted by molar-refractivity contribution is 0.326. The Bertz CT molecular complexity index is 569. The predicted molar refractivity (Wildman–Crippen MR) is 130 cm³/mol. The second kappa shape index (κ2) is 12.2. The molecule has 6 heteroatoms. The first-order valence-electron chi connectivity index (χ1n) is 10.1. The zero-order valence-electron chi connectivity index (χ0n) is 16.8. The maximum Gasteiger partial charge on any atom is 0.193 e. The van der Waals surface area contributed by atoms with Crippen LogP contribution in [0.15, 0.2) is 35.3 Å². The van der Waals surface area contributed by atoms with Gasteiger partial charge in [0.2, 0.25) is 0 Å². The Morgan fingerprint density at radius 1 is 1.22 bits per heavy atom. The molecule has 2 aliphatic heterocycles. The van der Waals surface area contributed by atoms with Crippen LogP contribution in [0.2, 0.25) is 0 Å². The van der Waals surface area contributed by atoms with E-state index in [0.717, 1.165) is 43.2 Å². The number of benzene rings is 1. The predicted octanol–water partition coefficient (Wildman–Crippen LogP) is 3.57. The second-order valence-electron chi connectivity index (χ2n) is 7.47. The van der Waals surface area contributed by atoms with Gasteiger partial charge in [0.25, 0.3) is 0 Å². The van der Waals surface area contributed by atoms with Crippen LogP contribution in [0.1, 0.15) is 25.3 Å². The summed E-state index contributed by atoms with van der Waals surface area (Å²) in [4.78, 5) is 9.61. The van der Waals surface area contributed by atoms with Crippen LogP contribution in [0, 0.1) is 5.92 Å². The van der Waals surface area contributed by atoms with Crippen molar-refractivity contribution in [2.24, 2.45) is 10.9 Å². The van der Waals surface area contributed by atoms with E-state index < -0.39 is 0 Å². The van der Waals surface area contributed by atoms with Gasteiger partial charge < -0.3 is 15.1 Å². The minimum atomic E-state index is 0. The van der Waals surface area contributed by atoms with Crippen LogP contribution < -0.4 is 5.32 Å². The summed E-state index contributed by atoms with van der Waals surface area (Å²) >= 11 is 2.11. The topological polar surface area (TPSA) is 30.9 Å². The number of rotatable bonds is 6. The molecule has 1 aromatic rings. The second-order valence-corrected chi connectivity index (χ2v) is 8.87. The normalized spacial score (nSPS) is 23.9. The third-order valence-electron chi connectivity index (χ3n) is 5.58. The van der Waals surface area contributed by atoms with Crippen molar-refractivity contribution in [3.8, 4) is 0 Å². The molecule has 27 heavy (non-hydrogen) atoms. The van der Waals surface area contributed by atoms with E-state index in [1.54, 1.807) is 0 Å². The molecule has 1 aromatic carbocycles. The molecule has 4 nitrogen and oxygen atoms in total. The summed E-state index contributed by atoms with van der Waals surface area (Å²) in [6.45, 7) is 9.22. The van der Waals surface area contributed by atoms with Crippen molar-refractivity contribution in [1.82, 2.24) is 15.1 Å². The smallest absolute Gasteiger partial charge is 0.193 e. The van der Waals surface area contributed by atoms with Gasteiger partial charge in [0.1, 0.15) is 0 Å². The molecule has 1 N–H and O–H groups in total. The van der Waals surface area contributed by atoms with Gasteiger partial charge in [0, 0.05) is 50.8 Å². The minimum absolute atomic E-state index is 0. The highest BCUT2D eigenvalue weighted by molar-refractivity contribution is 14.0. The average Bonchev–Trinajstić information content (AvgIpc) is 3.16. The Morgan fingerprint density at radius 2 is 2.04 bits per heavy atom. The van der Waals surface area contributed by atoms with Crippen LogP contribution >= 0.6 is 35.7 Å². The van der Waals surface area contributed by atoms with Gasteiger partial charge in [-0.2, -0.15) is 11.8 Å². The van der Waals surface area contributed by atoms with Crippen molar-refractivity contribution in [1.29, 1.82) is 0 Å². The summed E-state index contributed by atoms with van der Waals surface area (Å²) < 4.78 is 0. The van der Waals surface area contributed by atoms with Gasteiger partial charge in [0.15, 0.2) is 5.96 Å². The number of nitrogens with zero attached hydrogens (tertiary/aromatic N) is 3. The van der Waals surface area contributed by atoms with Gasteiger partial charge in [-0.05, 0) is 37.3 Å². The first-order chi connectivity index (χ1) is 12.8. The average molecular weight is 503 g/mol. The van der Waals surface area contributed by atoms with Crippen molar-refractivity contribution >= 4 is 41.7 Å². The van der Waals surface area contributed by atoms with Crippen molar-refractivity contribution in [3.05, 3.63) is 35.9 Å². The lowest BCUT2D eigenvalue weighted by atomic mass is 10.1. The quantitative estimate of drug-likeness (QED) is 0.366. The molecule has 0 bridgehead atoms. The van der Waals surface area contributed by atoms with E-state index in [4.69, 9.17) is 0 Å². The lowest BCUT2D eigenvalue weighted by Gasteiger charge is -2.34. The molecule has 2 saturated heterocycles. The number of guanidine groups is 1. The van der Waals surface area contributed by atoms with Crippen molar-refractivity contribution in [2.45, 2.75) is 31.4 Å². The van der Waals surface area contributed by atoms with Crippen LogP contribution in [0.5, 0.6) is 0 Å². The summed E-state index contributed by atoms with van der Waals surface area (Å²) in [5.41, 5.74) is 1.45. The molecule has 0 spiro atoms. The highest BCUT2D eigenvalue weighted by Crippen LogP contribution is 2.21. The van der Waals surface area contributed by atoms with E-state index in [0.29, 0.717) is 0 Å². The van der Waals surface area contributed by atoms with Gasteiger partial charge in [-0.1, -0.05) is 37.3 Å².